The van der Waals surface area contributed by atoms with E-state index in [4.69, 9.17) is 0 Å². The summed E-state index contributed by atoms with van der Waals surface area (Å²) in [5, 5.41) is 0. The molecule has 0 nitrogen and oxygen atoms in total. The summed E-state index contributed by atoms with van der Waals surface area (Å²) < 4.78 is 0. The standard InChI is InChI=1S/C27H54/c1-3-5-7-9-11-13-15-17-19-21-23-25-27-26-24-22-20-18-16-14-12-10-8-6-4-2/h9H,1,3-8,10-27H2,2H3. The van der Waals surface area contributed by atoms with E-state index in [-0.39, 0.29) is 0 Å². The Morgan fingerprint density at radius 2 is 0.704 bits per heavy atom. The fourth-order valence-corrected chi connectivity index (χ4v) is 3.98. The zero-order chi connectivity index (χ0) is 19.7. The molecule has 0 aromatic heterocycles. The Hall–Kier alpha value is 0. The summed E-state index contributed by atoms with van der Waals surface area (Å²) >= 11 is 0. The van der Waals surface area contributed by atoms with E-state index in [1.807, 2.05) is 0 Å². The fraction of sp³-hybridized carbons (Fsp3) is 0.926. The third kappa shape index (κ3) is 26.0. The lowest BCUT2D eigenvalue weighted by Crippen LogP contribution is -1.84. The smallest absolute Gasteiger partial charge is 0.0386 e. The largest absolute Gasteiger partial charge is 0.0654 e. The van der Waals surface area contributed by atoms with Crippen molar-refractivity contribution >= 4 is 0 Å². The maximum absolute atomic E-state index is 3.89. The Labute approximate surface area is 174 Å². The summed E-state index contributed by atoms with van der Waals surface area (Å²) in [6, 6.07) is 0. The predicted octanol–water partition coefficient (Wildman–Crippen LogP) is 10.4. The van der Waals surface area contributed by atoms with E-state index in [9.17, 15) is 0 Å². The van der Waals surface area contributed by atoms with Crippen molar-refractivity contribution in [3.63, 3.8) is 0 Å². The molecule has 27 heavy (non-hydrogen) atoms. The molecule has 0 bridgehead atoms. The highest BCUT2D eigenvalue weighted by Crippen LogP contribution is 2.15. The maximum atomic E-state index is 3.89. The molecule has 0 heterocycles. The highest BCUT2D eigenvalue weighted by atomic mass is 14.0. The minimum Gasteiger partial charge on any atom is -0.0654 e. The minimum atomic E-state index is 1.09. The first kappa shape index (κ1) is 27.0. The molecule has 0 heteroatoms. The Kier molecular flexibility index (Phi) is 26.0. The van der Waals surface area contributed by atoms with Gasteiger partial charge in [0.2, 0.25) is 0 Å². The minimum absolute atomic E-state index is 1.09. The van der Waals surface area contributed by atoms with Crippen LogP contribution in [0.4, 0.5) is 0 Å². The molecule has 0 aromatic rings. The second-order valence-electron chi connectivity index (χ2n) is 8.79. The zero-order valence-electron chi connectivity index (χ0n) is 19.3. The van der Waals surface area contributed by atoms with Crippen LogP contribution < -0.4 is 0 Å². The summed E-state index contributed by atoms with van der Waals surface area (Å²) in [5.74, 6) is 0. The third-order valence-corrected chi connectivity index (χ3v) is 5.92. The first-order valence-electron chi connectivity index (χ1n) is 13.0. The van der Waals surface area contributed by atoms with Gasteiger partial charge in [0.15, 0.2) is 0 Å². The average molecular weight is 379 g/mol. The van der Waals surface area contributed by atoms with Crippen LogP contribution in [0.5, 0.6) is 0 Å². The highest BCUT2D eigenvalue weighted by molar-refractivity contribution is 4.64. The van der Waals surface area contributed by atoms with Gasteiger partial charge >= 0.3 is 0 Å². The van der Waals surface area contributed by atoms with Crippen LogP contribution >= 0.6 is 0 Å². The highest BCUT2D eigenvalue weighted by Gasteiger charge is 1.95. The molecule has 0 saturated heterocycles. The topological polar surface area (TPSA) is 0 Å². The molecule has 0 saturated carbocycles. The van der Waals surface area contributed by atoms with Crippen molar-refractivity contribution < 1.29 is 0 Å². The lowest BCUT2D eigenvalue weighted by molar-refractivity contribution is 0.521. The molecule has 0 N–H and O–H groups in total. The molecule has 0 aliphatic rings. The summed E-state index contributed by atoms with van der Waals surface area (Å²) in [4.78, 5) is 0. The van der Waals surface area contributed by atoms with Crippen LogP contribution in [0.3, 0.4) is 0 Å². The molecular formula is C27H54. The molecule has 0 atom stereocenters. The fourth-order valence-electron chi connectivity index (χ4n) is 3.98. The second kappa shape index (κ2) is 26.0. The van der Waals surface area contributed by atoms with Crippen LogP contribution in [-0.2, 0) is 0 Å². The monoisotopic (exact) mass is 378 g/mol. The van der Waals surface area contributed by atoms with Gasteiger partial charge in [-0.25, -0.2) is 0 Å². The Morgan fingerprint density at radius 3 is 1.04 bits per heavy atom. The van der Waals surface area contributed by atoms with E-state index in [0.29, 0.717) is 0 Å². The molecule has 0 fully saturated rings. The molecule has 0 amide bonds. The second-order valence-corrected chi connectivity index (χ2v) is 8.79. The van der Waals surface area contributed by atoms with Crippen LogP contribution in [-0.4, -0.2) is 0 Å². The van der Waals surface area contributed by atoms with Gasteiger partial charge in [0, 0.05) is 0 Å². The third-order valence-electron chi connectivity index (χ3n) is 5.92. The van der Waals surface area contributed by atoms with E-state index in [2.05, 4.69) is 20.3 Å². The van der Waals surface area contributed by atoms with Crippen LogP contribution in [0, 0.1) is 13.3 Å². The van der Waals surface area contributed by atoms with Crippen molar-refractivity contribution in [3.05, 3.63) is 13.3 Å². The van der Waals surface area contributed by atoms with Crippen LogP contribution in [0.1, 0.15) is 161 Å². The molecular weight excluding hydrogens is 324 g/mol. The predicted molar refractivity (Wildman–Crippen MR) is 126 cm³/mol. The van der Waals surface area contributed by atoms with Gasteiger partial charge in [-0.1, -0.05) is 168 Å². The SMILES string of the molecule is [CH2]CCC[CH]CCCCCCCCCCCCCCCCCCCCCC. The molecule has 0 spiro atoms. The van der Waals surface area contributed by atoms with E-state index < -0.39 is 0 Å². The Bertz CT molecular complexity index is 208. The summed E-state index contributed by atoms with van der Waals surface area (Å²) in [6.07, 6.45) is 36.8. The molecule has 0 unspecified atom stereocenters. The van der Waals surface area contributed by atoms with Gasteiger partial charge in [0.05, 0.1) is 0 Å². The van der Waals surface area contributed by atoms with E-state index in [1.165, 1.54) is 148 Å². The first-order chi connectivity index (χ1) is 13.4. The van der Waals surface area contributed by atoms with E-state index in [0.717, 1.165) is 6.42 Å². The number of hydrogen-bond acceptors (Lipinski definition) is 0. The van der Waals surface area contributed by atoms with Gasteiger partial charge in [-0.2, -0.15) is 0 Å². The quantitative estimate of drug-likeness (QED) is 0.146. The lowest BCUT2D eigenvalue weighted by atomic mass is 10.0. The van der Waals surface area contributed by atoms with Gasteiger partial charge < -0.3 is 0 Å². The zero-order valence-corrected chi connectivity index (χ0v) is 19.3. The van der Waals surface area contributed by atoms with Crippen molar-refractivity contribution in [3.8, 4) is 0 Å². The Balaban J connectivity index is 2.95. The van der Waals surface area contributed by atoms with Crippen molar-refractivity contribution in [1.82, 2.24) is 0 Å². The summed E-state index contributed by atoms with van der Waals surface area (Å²) in [5.41, 5.74) is 0. The molecule has 162 valence electrons. The summed E-state index contributed by atoms with van der Waals surface area (Å²) in [7, 11) is 0. The van der Waals surface area contributed by atoms with Gasteiger partial charge in [0.1, 0.15) is 0 Å². The van der Waals surface area contributed by atoms with Gasteiger partial charge in [-0.3, -0.25) is 0 Å². The molecule has 0 rings (SSSR count). The molecule has 0 aliphatic carbocycles. The normalized spacial score (nSPS) is 11.3. The lowest BCUT2D eigenvalue weighted by Gasteiger charge is -2.04. The van der Waals surface area contributed by atoms with Crippen LogP contribution in [0.15, 0.2) is 0 Å². The average Bonchev–Trinajstić information content (AvgIpc) is 2.68. The van der Waals surface area contributed by atoms with E-state index >= 15 is 0 Å². The summed E-state index contributed by atoms with van der Waals surface area (Å²) in [6.45, 7) is 6.19. The molecule has 2 radical (unpaired) electrons. The first-order valence-corrected chi connectivity index (χ1v) is 13.0. The van der Waals surface area contributed by atoms with Crippen molar-refractivity contribution in [1.29, 1.82) is 0 Å². The van der Waals surface area contributed by atoms with E-state index in [1.54, 1.807) is 0 Å². The van der Waals surface area contributed by atoms with Gasteiger partial charge in [-0.15, -0.1) is 0 Å². The maximum Gasteiger partial charge on any atom is -0.0386 e. The van der Waals surface area contributed by atoms with Crippen molar-refractivity contribution in [2.45, 2.75) is 161 Å². The van der Waals surface area contributed by atoms with Gasteiger partial charge in [-0.05, 0) is 6.42 Å². The molecule has 0 aromatic carbocycles. The number of unbranched alkanes of at least 4 members (excludes halogenated alkanes) is 24. The van der Waals surface area contributed by atoms with Gasteiger partial charge in [0.25, 0.3) is 0 Å². The number of hydrogen-bond donors (Lipinski definition) is 0. The van der Waals surface area contributed by atoms with Crippen molar-refractivity contribution in [2.75, 3.05) is 0 Å². The number of rotatable bonds is 24. The Morgan fingerprint density at radius 1 is 0.407 bits per heavy atom. The molecule has 0 aliphatic heterocycles. The van der Waals surface area contributed by atoms with Crippen LogP contribution in [0.2, 0.25) is 0 Å². The van der Waals surface area contributed by atoms with Crippen molar-refractivity contribution in [2.24, 2.45) is 0 Å². The van der Waals surface area contributed by atoms with Crippen LogP contribution in [0.25, 0.3) is 0 Å².